The summed E-state index contributed by atoms with van der Waals surface area (Å²) in [5.41, 5.74) is -0.443. The molecule has 0 spiro atoms. The van der Waals surface area contributed by atoms with Crippen molar-refractivity contribution >= 4 is 0 Å². The van der Waals surface area contributed by atoms with Crippen molar-refractivity contribution < 1.29 is 0 Å². The van der Waals surface area contributed by atoms with E-state index in [1.165, 1.54) is 0 Å². The minimum absolute atomic E-state index is 0.198. The molecule has 1 heterocycles. The van der Waals surface area contributed by atoms with Crippen molar-refractivity contribution in [2.75, 3.05) is 7.05 Å². The van der Waals surface area contributed by atoms with Gasteiger partial charge in [0.1, 0.15) is 11.6 Å². The lowest BCUT2D eigenvalue weighted by molar-refractivity contribution is 0.427. The predicted octanol–water partition coefficient (Wildman–Crippen LogP) is 0.962. The lowest BCUT2D eigenvalue weighted by atomic mass is 10.00. The van der Waals surface area contributed by atoms with Crippen LogP contribution in [0.3, 0.4) is 0 Å². The number of nitriles is 2. The maximum Gasteiger partial charge on any atom is 0.212 e. The van der Waals surface area contributed by atoms with Crippen molar-refractivity contribution in [3.05, 3.63) is 18.2 Å². The first-order chi connectivity index (χ1) is 7.74. The second-order valence-electron chi connectivity index (χ2n) is 4.11. The Morgan fingerprint density at radius 1 is 1.62 bits per heavy atom. The average Bonchev–Trinajstić information content (AvgIpc) is 2.95. The molecule has 1 saturated carbocycles. The van der Waals surface area contributed by atoms with Crippen LogP contribution in [0.2, 0.25) is 0 Å². The highest BCUT2D eigenvalue weighted by Crippen LogP contribution is 2.37. The second-order valence-corrected chi connectivity index (χ2v) is 4.11. The maximum atomic E-state index is 9.16. The molecule has 0 aliphatic heterocycles. The van der Waals surface area contributed by atoms with Crippen molar-refractivity contribution in [1.82, 2.24) is 14.9 Å². The maximum absolute atomic E-state index is 9.16. The van der Waals surface area contributed by atoms with E-state index in [0.29, 0.717) is 5.82 Å². The molecule has 1 aromatic rings. The number of hydrogen-bond donors (Lipinski definition) is 1. The van der Waals surface area contributed by atoms with Crippen LogP contribution in [0.5, 0.6) is 0 Å². The Balaban J connectivity index is 2.22. The Bertz CT molecular complexity index is 463. The van der Waals surface area contributed by atoms with Gasteiger partial charge in [-0.3, -0.25) is 0 Å². The van der Waals surface area contributed by atoms with Gasteiger partial charge in [-0.05, 0) is 26.3 Å². The molecule has 5 heteroatoms. The summed E-state index contributed by atoms with van der Waals surface area (Å²) in [6.07, 6.45) is 5.88. The van der Waals surface area contributed by atoms with Crippen LogP contribution >= 0.6 is 0 Å². The Kier molecular flexibility index (Phi) is 2.64. The van der Waals surface area contributed by atoms with Crippen molar-refractivity contribution in [3.63, 3.8) is 0 Å². The van der Waals surface area contributed by atoms with Crippen LogP contribution in [-0.2, 0) is 0 Å². The third-order valence-electron chi connectivity index (χ3n) is 3.34. The largest absolute Gasteiger partial charge is 0.319 e. The first kappa shape index (κ1) is 10.7. The Morgan fingerprint density at radius 2 is 2.44 bits per heavy atom. The van der Waals surface area contributed by atoms with Gasteiger partial charge in [0.05, 0.1) is 6.07 Å². The van der Waals surface area contributed by atoms with E-state index in [0.717, 1.165) is 19.3 Å². The van der Waals surface area contributed by atoms with E-state index in [1.807, 2.05) is 17.8 Å². The van der Waals surface area contributed by atoms with Crippen LogP contribution in [0, 0.1) is 22.7 Å². The van der Waals surface area contributed by atoms with Crippen LogP contribution in [0.15, 0.2) is 12.4 Å². The highest BCUT2D eigenvalue weighted by Gasteiger charge is 2.39. The topological polar surface area (TPSA) is 77.4 Å². The number of nitrogens with one attached hydrogen (secondary N) is 1. The summed E-state index contributed by atoms with van der Waals surface area (Å²) in [5, 5.41) is 21.1. The first-order valence-electron chi connectivity index (χ1n) is 5.28. The summed E-state index contributed by atoms with van der Waals surface area (Å²) >= 11 is 0. The van der Waals surface area contributed by atoms with Gasteiger partial charge in [0.25, 0.3) is 0 Å². The third-order valence-corrected chi connectivity index (χ3v) is 3.34. The highest BCUT2D eigenvalue weighted by atomic mass is 15.1. The summed E-state index contributed by atoms with van der Waals surface area (Å²) in [4.78, 5) is 3.98. The van der Waals surface area contributed by atoms with E-state index in [2.05, 4.69) is 22.4 Å². The van der Waals surface area contributed by atoms with E-state index >= 15 is 0 Å². The van der Waals surface area contributed by atoms with E-state index < -0.39 is 5.54 Å². The molecule has 82 valence electrons. The van der Waals surface area contributed by atoms with Gasteiger partial charge in [0.15, 0.2) is 0 Å². The lowest BCUT2D eigenvalue weighted by Gasteiger charge is -2.20. The fourth-order valence-electron chi connectivity index (χ4n) is 2.34. The van der Waals surface area contributed by atoms with Crippen LogP contribution in [0.4, 0.5) is 0 Å². The van der Waals surface area contributed by atoms with Crippen LogP contribution in [0.1, 0.15) is 31.1 Å². The Morgan fingerprint density at radius 3 is 3.00 bits per heavy atom. The van der Waals surface area contributed by atoms with Gasteiger partial charge < -0.3 is 9.88 Å². The smallest absolute Gasteiger partial charge is 0.212 e. The Hall–Kier alpha value is -1.85. The normalized spacial score (nSPS) is 28.6. The van der Waals surface area contributed by atoms with E-state index in [1.54, 1.807) is 6.20 Å². The minimum atomic E-state index is -0.443. The van der Waals surface area contributed by atoms with E-state index in [4.69, 9.17) is 10.5 Å². The standard InChI is InChI=1S/C11H13N5/c1-14-11(8-13)3-2-9(6-11)16-5-4-15-10(16)7-12/h4-5,9,14H,2-3,6H2,1H3. The molecule has 2 atom stereocenters. The van der Waals surface area contributed by atoms with Gasteiger partial charge in [-0.25, -0.2) is 4.98 Å². The molecule has 1 fully saturated rings. The summed E-state index contributed by atoms with van der Waals surface area (Å²) in [6, 6.07) is 4.59. The fourth-order valence-corrected chi connectivity index (χ4v) is 2.34. The zero-order valence-corrected chi connectivity index (χ0v) is 9.14. The quantitative estimate of drug-likeness (QED) is 0.797. The number of nitrogens with zero attached hydrogens (tertiary/aromatic N) is 4. The van der Waals surface area contributed by atoms with Crippen LogP contribution in [0.25, 0.3) is 0 Å². The monoisotopic (exact) mass is 215 g/mol. The molecule has 0 radical (unpaired) electrons. The summed E-state index contributed by atoms with van der Waals surface area (Å²) in [5.74, 6) is 0.426. The molecule has 2 rings (SSSR count). The van der Waals surface area contributed by atoms with Crippen molar-refractivity contribution in [1.29, 1.82) is 10.5 Å². The highest BCUT2D eigenvalue weighted by molar-refractivity contribution is 5.17. The second kappa shape index (κ2) is 3.96. The molecule has 1 aromatic heterocycles. The summed E-state index contributed by atoms with van der Waals surface area (Å²) < 4.78 is 1.87. The van der Waals surface area contributed by atoms with Gasteiger partial charge in [0, 0.05) is 18.4 Å². The number of imidazole rings is 1. The van der Waals surface area contributed by atoms with Crippen LogP contribution < -0.4 is 5.32 Å². The van der Waals surface area contributed by atoms with E-state index in [-0.39, 0.29) is 6.04 Å². The number of rotatable bonds is 2. The molecular weight excluding hydrogens is 202 g/mol. The molecule has 0 saturated heterocycles. The molecule has 0 bridgehead atoms. The number of hydrogen-bond acceptors (Lipinski definition) is 4. The fraction of sp³-hybridized carbons (Fsp3) is 0.545. The van der Waals surface area contributed by atoms with E-state index in [9.17, 15) is 0 Å². The number of aromatic nitrogens is 2. The molecule has 0 amide bonds. The molecule has 16 heavy (non-hydrogen) atoms. The van der Waals surface area contributed by atoms with Gasteiger partial charge in [0.2, 0.25) is 5.82 Å². The molecule has 1 aliphatic rings. The molecular formula is C11H13N5. The van der Waals surface area contributed by atoms with Gasteiger partial charge >= 0.3 is 0 Å². The SMILES string of the molecule is CNC1(C#N)CCC(n2ccnc2C#N)C1. The van der Waals surface area contributed by atoms with Gasteiger partial charge in [-0.1, -0.05) is 0 Å². The average molecular weight is 215 g/mol. The predicted molar refractivity (Wildman–Crippen MR) is 57.2 cm³/mol. The zero-order valence-electron chi connectivity index (χ0n) is 9.14. The van der Waals surface area contributed by atoms with Crippen molar-refractivity contribution in [3.8, 4) is 12.1 Å². The van der Waals surface area contributed by atoms with Crippen LogP contribution in [-0.4, -0.2) is 22.1 Å². The summed E-state index contributed by atoms with van der Waals surface area (Å²) in [7, 11) is 1.81. The Labute approximate surface area is 94.3 Å². The first-order valence-corrected chi connectivity index (χ1v) is 5.28. The summed E-state index contributed by atoms with van der Waals surface area (Å²) in [6.45, 7) is 0. The minimum Gasteiger partial charge on any atom is -0.319 e. The zero-order chi connectivity index (χ0) is 11.6. The van der Waals surface area contributed by atoms with Gasteiger partial charge in [-0.15, -0.1) is 0 Å². The van der Waals surface area contributed by atoms with Crippen molar-refractivity contribution in [2.45, 2.75) is 30.8 Å². The molecule has 0 aromatic carbocycles. The molecule has 5 nitrogen and oxygen atoms in total. The van der Waals surface area contributed by atoms with Crippen molar-refractivity contribution in [2.24, 2.45) is 0 Å². The van der Waals surface area contributed by atoms with Gasteiger partial charge in [-0.2, -0.15) is 10.5 Å². The third kappa shape index (κ3) is 1.56. The molecule has 1 aliphatic carbocycles. The lowest BCUT2D eigenvalue weighted by Crippen LogP contribution is -2.38. The molecule has 1 N–H and O–H groups in total. The molecule has 2 unspecified atom stereocenters.